The summed E-state index contributed by atoms with van der Waals surface area (Å²) in [4.78, 5) is 0. The van der Waals surface area contributed by atoms with Crippen LogP contribution in [0.3, 0.4) is 0 Å². The van der Waals surface area contributed by atoms with Crippen molar-refractivity contribution >= 4 is 14.2 Å². The van der Waals surface area contributed by atoms with Crippen LogP contribution in [0.4, 0.5) is 0 Å². The monoisotopic (exact) mass is 66.1 g/mol. The first-order valence-electron chi connectivity index (χ1n) is 2.02. The molecule has 0 aromatic carbocycles. The molecule has 0 aliphatic carbocycles. The van der Waals surface area contributed by atoms with Crippen LogP contribution in [0, 0.1) is 0 Å². The van der Waals surface area contributed by atoms with E-state index in [1.54, 1.807) is 0 Å². The third kappa shape index (κ3) is 4.13. The second-order valence-corrected chi connectivity index (χ2v) is 1.08. The third-order valence-corrected chi connectivity index (χ3v) is 0.493. The molecule has 0 bridgehead atoms. The molecule has 0 heterocycles. The van der Waals surface area contributed by atoms with Gasteiger partial charge in [0.05, 0.1) is 0 Å². The van der Waals surface area contributed by atoms with Crippen LogP contribution in [-0.2, 0) is 0 Å². The van der Waals surface area contributed by atoms with Crippen molar-refractivity contribution in [3.05, 3.63) is 0 Å². The van der Waals surface area contributed by atoms with Crippen molar-refractivity contribution < 1.29 is 0 Å². The Kier molecular flexibility index (Phi) is 4.24. The van der Waals surface area contributed by atoms with Gasteiger partial charge in [-0.2, -0.15) is 0 Å². The van der Waals surface area contributed by atoms with Gasteiger partial charge in [-0.1, -0.05) is 0 Å². The molecule has 0 rings (SSSR count). The summed E-state index contributed by atoms with van der Waals surface area (Å²) >= 11 is 0. The van der Waals surface area contributed by atoms with Crippen LogP contribution in [0.15, 0.2) is 0 Å². The van der Waals surface area contributed by atoms with Crippen LogP contribution in [0.25, 0.3) is 0 Å². The van der Waals surface area contributed by atoms with E-state index in [0.717, 1.165) is 6.32 Å². The van der Waals surface area contributed by atoms with Gasteiger partial charge in [-0.15, -0.1) is 0 Å². The fourth-order valence-corrected chi connectivity index (χ4v) is 0.204. The molecule has 2 heteroatoms. The van der Waals surface area contributed by atoms with Gasteiger partial charge in [-0.25, -0.2) is 0 Å². The SMILES string of the molecule is B=BCCC. The van der Waals surface area contributed by atoms with Crippen LogP contribution in [0.1, 0.15) is 13.3 Å². The topological polar surface area (TPSA) is 0 Å². The van der Waals surface area contributed by atoms with Crippen molar-refractivity contribution in [2.45, 2.75) is 19.7 Å². The van der Waals surface area contributed by atoms with Crippen molar-refractivity contribution in [3.63, 3.8) is 0 Å². The van der Waals surface area contributed by atoms with Crippen LogP contribution >= 0.6 is 0 Å². The Balaban J connectivity index is 2.40. The molecule has 26 valence electrons. The van der Waals surface area contributed by atoms with Gasteiger partial charge < -0.3 is 0 Å². The van der Waals surface area contributed by atoms with E-state index in [1.165, 1.54) is 6.42 Å². The minimum absolute atomic E-state index is 1.15. The van der Waals surface area contributed by atoms with Gasteiger partial charge in [0.25, 0.3) is 0 Å². The van der Waals surface area contributed by atoms with Gasteiger partial charge in [-0.3, -0.25) is 0 Å². The third-order valence-electron chi connectivity index (χ3n) is 0.493. The van der Waals surface area contributed by atoms with Gasteiger partial charge in [0.15, 0.2) is 0 Å². The molecular formula is C3H8B2. The molecule has 5 heavy (non-hydrogen) atoms. The van der Waals surface area contributed by atoms with Gasteiger partial charge in [0.2, 0.25) is 0 Å². The maximum atomic E-state index is 3.55. The molecule has 0 aromatic heterocycles. The predicted molar refractivity (Wildman–Crippen MR) is 28.0 cm³/mol. The van der Waals surface area contributed by atoms with Crippen LogP contribution < -0.4 is 0 Å². The van der Waals surface area contributed by atoms with Gasteiger partial charge in [-0.05, 0) is 0 Å². The average molecular weight is 65.7 g/mol. The van der Waals surface area contributed by atoms with Gasteiger partial charge in [0, 0.05) is 0 Å². The second kappa shape index (κ2) is 4.13. The van der Waals surface area contributed by atoms with Gasteiger partial charge in [0.1, 0.15) is 0 Å². The Morgan fingerprint density at radius 1 is 1.80 bits per heavy atom. The number of rotatable bonds is 2. The van der Waals surface area contributed by atoms with E-state index in [1.807, 2.05) is 6.80 Å². The summed E-state index contributed by atoms with van der Waals surface area (Å²) in [5.41, 5.74) is 0. The summed E-state index contributed by atoms with van der Waals surface area (Å²) in [6.07, 6.45) is 2.38. The quantitative estimate of drug-likeness (QED) is 0.407. The normalized spacial score (nSPS) is 6.40. The summed E-state index contributed by atoms with van der Waals surface area (Å²) in [5, 5.41) is 0. The molecular weight excluding hydrogens is 57.7 g/mol. The molecule has 0 nitrogen and oxygen atoms in total. The molecule has 0 N–H and O–H groups in total. The Hall–Kier alpha value is 0.130. The Morgan fingerprint density at radius 2 is 2.40 bits per heavy atom. The predicted octanol–water partition coefficient (Wildman–Crippen LogP) is 0.335. The molecule has 0 spiro atoms. The van der Waals surface area contributed by atoms with Crippen molar-refractivity contribution in [1.29, 1.82) is 0 Å². The zero-order chi connectivity index (χ0) is 4.12. The van der Waals surface area contributed by atoms with Crippen molar-refractivity contribution in [2.75, 3.05) is 0 Å². The summed E-state index contributed by atoms with van der Waals surface area (Å²) in [6.45, 7) is 4.07. The molecule has 0 amide bonds. The fraction of sp³-hybridized carbons (Fsp3) is 1.00. The second-order valence-electron chi connectivity index (χ2n) is 1.08. The summed E-state index contributed by atoms with van der Waals surface area (Å²) in [7, 11) is 3.55. The summed E-state index contributed by atoms with van der Waals surface area (Å²) < 4.78 is 0. The zero-order valence-electron chi connectivity index (χ0n) is 3.70. The van der Waals surface area contributed by atoms with Crippen molar-refractivity contribution in [1.82, 2.24) is 0 Å². The van der Waals surface area contributed by atoms with Gasteiger partial charge >= 0.3 is 33.8 Å². The molecule has 0 unspecified atom stereocenters. The molecule has 0 atom stereocenters. The fourth-order valence-electron chi connectivity index (χ4n) is 0.204. The zero-order valence-corrected chi connectivity index (χ0v) is 3.70. The minimum atomic E-state index is 1.15. The first-order valence-corrected chi connectivity index (χ1v) is 2.02. The molecule has 0 radical (unpaired) electrons. The summed E-state index contributed by atoms with van der Waals surface area (Å²) in [6, 6.07) is 0. The van der Waals surface area contributed by atoms with Crippen molar-refractivity contribution in [3.8, 4) is 0 Å². The first-order chi connectivity index (χ1) is 2.41. The molecule has 0 saturated heterocycles. The van der Waals surface area contributed by atoms with E-state index >= 15 is 0 Å². The maximum absolute atomic E-state index is 3.55. The molecule has 0 fully saturated rings. The van der Waals surface area contributed by atoms with Crippen LogP contribution in [0.5, 0.6) is 0 Å². The van der Waals surface area contributed by atoms with E-state index in [9.17, 15) is 0 Å². The first kappa shape index (κ1) is 5.13. The molecule has 0 aliphatic heterocycles. The van der Waals surface area contributed by atoms with E-state index in [2.05, 4.69) is 14.3 Å². The van der Waals surface area contributed by atoms with E-state index in [0.29, 0.717) is 0 Å². The molecule has 0 saturated carbocycles. The number of hydrogen-bond donors (Lipinski definition) is 0. The summed E-state index contributed by atoms with van der Waals surface area (Å²) in [5.74, 6) is 0. The number of hydrogen-bond acceptors (Lipinski definition) is 0. The van der Waals surface area contributed by atoms with E-state index in [-0.39, 0.29) is 0 Å². The molecule has 0 aromatic rings. The van der Waals surface area contributed by atoms with E-state index in [4.69, 9.17) is 0 Å². The molecule has 0 aliphatic rings. The Morgan fingerprint density at radius 3 is 2.40 bits per heavy atom. The average Bonchev–Trinajstić information content (AvgIpc) is 1.41. The Bertz CT molecular complexity index is 26.1. The van der Waals surface area contributed by atoms with Crippen LogP contribution in [-0.4, -0.2) is 14.2 Å². The van der Waals surface area contributed by atoms with Crippen molar-refractivity contribution in [2.24, 2.45) is 0 Å². The van der Waals surface area contributed by atoms with E-state index < -0.39 is 0 Å². The Labute approximate surface area is 34.9 Å². The standard InChI is InChI=1S/C3H8B2/c1-2-3-5-4/h4H,2-3H2,1H3. The van der Waals surface area contributed by atoms with Crippen LogP contribution in [0.2, 0.25) is 6.32 Å².